The fourth-order valence-corrected chi connectivity index (χ4v) is 9.38. The monoisotopic (exact) mass is 770 g/mol. The lowest BCUT2D eigenvalue weighted by atomic mass is 9.96. The number of methoxy groups -OCH3 is 2. The van der Waals surface area contributed by atoms with Crippen LogP contribution < -0.4 is 9.47 Å². The van der Waals surface area contributed by atoms with Crippen LogP contribution in [-0.4, -0.2) is 44.1 Å². The van der Waals surface area contributed by atoms with Crippen LogP contribution in [0.1, 0.15) is 0 Å². The van der Waals surface area contributed by atoms with E-state index in [0.29, 0.717) is 34.0 Å². The van der Waals surface area contributed by atoms with Crippen LogP contribution in [0.15, 0.2) is 146 Å². The third-order valence-corrected chi connectivity index (χ3v) is 12.1. The molecule has 0 N–H and O–H groups in total. The van der Waals surface area contributed by atoms with Gasteiger partial charge in [0.15, 0.2) is 11.3 Å². The highest BCUT2D eigenvalue weighted by atomic mass is 16.5. The molecule has 7 aromatic carbocycles. The number of ether oxygens (including phenoxy) is 2. The molecule has 8 nitrogen and oxygen atoms in total. The largest absolute Gasteiger partial charge is 0.496 e. The van der Waals surface area contributed by atoms with Gasteiger partial charge in [-0.3, -0.25) is 0 Å². The van der Waals surface area contributed by atoms with E-state index in [2.05, 4.69) is 121 Å². The molecule has 2 aliphatic carbocycles. The highest BCUT2D eigenvalue weighted by Crippen LogP contribution is 2.60. The first-order valence-electron chi connectivity index (χ1n) is 19.8. The van der Waals surface area contributed by atoms with Crippen molar-refractivity contribution in [3.8, 4) is 90.0 Å². The summed E-state index contributed by atoms with van der Waals surface area (Å²) in [6.07, 6.45) is 0. The zero-order valence-electron chi connectivity index (χ0n) is 32.4. The molecular weight excluding hydrogens is 741 g/mol. The van der Waals surface area contributed by atoms with Crippen LogP contribution in [0.5, 0.6) is 11.5 Å². The van der Waals surface area contributed by atoms with E-state index in [1.807, 2.05) is 24.3 Å². The molecule has 0 saturated heterocycles. The number of benzene rings is 7. The van der Waals surface area contributed by atoms with Crippen LogP contribution in [0.4, 0.5) is 0 Å². The Kier molecular flexibility index (Phi) is 6.70. The van der Waals surface area contributed by atoms with Gasteiger partial charge in [-0.2, -0.15) is 0 Å². The Morgan fingerprint density at radius 3 is 1.75 bits per heavy atom. The smallest absolute Gasteiger partial charge is 0.180 e. The second-order valence-electron chi connectivity index (χ2n) is 15.3. The molecule has 0 bridgehead atoms. The van der Waals surface area contributed by atoms with Crippen LogP contribution in [0.3, 0.4) is 0 Å². The maximum absolute atomic E-state index is 6.23. The number of nitrogens with zero attached hydrogens (tertiary/aromatic N) is 6. The SMILES string of the molecule is COc1cc2c3c(c(OC)cc4c3c1-c1nc3ccc(-c5ccc6ccccc6c5)nc3nc1-4)-c1nc3nc4cc(-c5ccccc5)ccc4c(-c4ccccc4)c3nc1-2. The molecular formula is C52H30N6O2. The van der Waals surface area contributed by atoms with Gasteiger partial charge in [0.05, 0.1) is 42.3 Å². The van der Waals surface area contributed by atoms with Crippen molar-refractivity contribution in [2.24, 2.45) is 0 Å². The maximum Gasteiger partial charge on any atom is 0.180 e. The molecule has 280 valence electrons. The van der Waals surface area contributed by atoms with Gasteiger partial charge < -0.3 is 9.47 Å². The minimum absolute atomic E-state index is 0.561. The van der Waals surface area contributed by atoms with Gasteiger partial charge in [-0.1, -0.05) is 109 Å². The quantitative estimate of drug-likeness (QED) is 0.160. The summed E-state index contributed by atoms with van der Waals surface area (Å²) in [6.45, 7) is 0. The molecule has 11 aromatic rings. The van der Waals surface area contributed by atoms with Gasteiger partial charge in [-0.05, 0) is 63.9 Å². The fourth-order valence-electron chi connectivity index (χ4n) is 9.38. The molecule has 8 heteroatoms. The molecule has 0 amide bonds. The minimum Gasteiger partial charge on any atom is -0.496 e. The summed E-state index contributed by atoms with van der Waals surface area (Å²) in [5.74, 6) is 1.36. The zero-order valence-corrected chi connectivity index (χ0v) is 32.4. The molecule has 0 fully saturated rings. The summed E-state index contributed by atoms with van der Waals surface area (Å²) in [5.41, 5.74) is 16.0. The first kappa shape index (κ1) is 32.9. The van der Waals surface area contributed by atoms with E-state index in [9.17, 15) is 0 Å². The summed E-state index contributed by atoms with van der Waals surface area (Å²) >= 11 is 0. The second kappa shape index (κ2) is 12.2. The van der Waals surface area contributed by atoms with Crippen molar-refractivity contribution in [2.75, 3.05) is 14.2 Å². The Hall–Kier alpha value is -8.10. The summed E-state index contributed by atoms with van der Waals surface area (Å²) in [4.78, 5) is 31.7. The third kappa shape index (κ3) is 4.55. The Bertz CT molecular complexity index is 3680. The fraction of sp³-hybridized carbons (Fsp3) is 0.0385. The highest BCUT2D eigenvalue weighted by molar-refractivity contribution is 6.28. The van der Waals surface area contributed by atoms with Gasteiger partial charge >= 0.3 is 0 Å². The molecule has 0 atom stereocenters. The Morgan fingerprint density at radius 2 is 1.02 bits per heavy atom. The summed E-state index contributed by atoms with van der Waals surface area (Å²) in [6, 6.07) is 50.1. The molecule has 4 aromatic heterocycles. The molecule has 0 aliphatic heterocycles. The molecule has 0 unspecified atom stereocenters. The molecule has 4 heterocycles. The van der Waals surface area contributed by atoms with Crippen molar-refractivity contribution < 1.29 is 9.47 Å². The van der Waals surface area contributed by atoms with E-state index < -0.39 is 0 Å². The van der Waals surface area contributed by atoms with Crippen LogP contribution in [0, 0.1) is 0 Å². The predicted octanol–water partition coefficient (Wildman–Crippen LogP) is 12.1. The van der Waals surface area contributed by atoms with Gasteiger partial charge in [0.2, 0.25) is 0 Å². The van der Waals surface area contributed by atoms with Crippen molar-refractivity contribution in [2.45, 2.75) is 0 Å². The number of rotatable bonds is 5. The molecule has 60 heavy (non-hydrogen) atoms. The average Bonchev–Trinajstić information content (AvgIpc) is 3.80. The molecule has 2 aliphatic rings. The van der Waals surface area contributed by atoms with Crippen molar-refractivity contribution in [1.82, 2.24) is 29.9 Å². The van der Waals surface area contributed by atoms with E-state index in [1.54, 1.807) is 14.2 Å². The van der Waals surface area contributed by atoms with Crippen LogP contribution in [-0.2, 0) is 0 Å². The lowest BCUT2D eigenvalue weighted by molar-refractivity contribution is 0.416. The normalized spacial score (nSPS) is 12.2. The summed E-state index contributed by atoms with van der Waals surface area (Å²) in [5, 5.41) is 5.31. The number of hydrogen-bond donors (Lipinski definition) is 0. The minimum atomic E-state index is 0.561. The van der Waals surface area contributed by atoms with Gasteiger partial charge in [0, 0.05) is 38.4 Å². The zero-order chi connectivity index (χ0) is 39.6. The van der Waals surface area contributed by atoms with Crippen molar-refractivity contribution in [1.29, 1.82) is 0 Å². The van der Waals surface area contributed by atoms with Gasteiger partial charge in [-0.25, -0.2) is 29.9 Å². The van der Waals surface area contributed by atoms with Crippen LogP contribution in [0.25, 0.3) is 133 Å². The van der Waals surface area contributed by atoms with Gasteiger partial charge in [-0.15, -0.1) is 0 Å². The number of aromatic nitrogens is 6. The van der Waals surface area contributed by atoms with E-state index in [1.165, 1.54) is 5.39 Å². The van der Waals surface area contributed by atoms with E-state index in [4.69, 9.17) is 39.4 Å². The van der Waals surface area contributed by atoms with Crippen molar-refractivity contribution in [3.05, 3.63) is 146 Å². The Balaban J connectivity index is 1.05. The molecule has 13 rings (SSSR count). The number of pyridine rings is 2. The summed E-state index contributed by atoms with van der Waals surface area (Å²) < 4.78 is 12.4. The molecule has 0 saturated carbocycles. The Labute approximate surface area is 342 Å². The standard InChI is InChI=1S/C52H30N6O2/c1-59-39-25-34-42-43-35(47-48(44(39)43)53-37-22-21-36(54-51(37)57-47)32-18-17-28-13-9-10-16-30(28)23-32)26-40(60-2)45(42)49-46(34)56-50-41(29-14-7-4-8-15-29)33-20-19-31(27-11-5-3-6-12-27)24-38(33)55-52(50)58-49/h3-26H,1-2H3. The lowest BCUT2D eigenvalue weighted by Gasteiger charge is -2.14. The van der Waals surface area contributed by atoms with Crippen LogP contribution >= 0.6 is 0 Å². The van der Waals surface area contributed by atoms with Gasteiger partial charge in [0.1, 0.15) is 39.6 Å². The van der Waals surface area contributed by atoms with Crippen LogP contribution in [0.2, 0.25) is 0 Å². The van der Waals surface area contributed by atoms with Crippen molar-refractivity contribution >= 4 is 54.8 Å². The number of hydrogen-bond acceptors (Lipinski definition) is 8. The lowest BCUT2D eigenvalue weighted by Crippen LogP contribution is -1.98. The molecule has 0 radical (unpaired) electrons. The molecule has 0 spiro atoms. The third-order valence-electron chi connectivity index (χ3n) is 12.1. The van der Waals surface area contributed by atoms with Gasteiger partial charge in [0.25, 0.3) is 0 Å². The van der Waals surface area contributed by atoms with E-state index in [0.717, 1.165) is 105 Å². The van der Waals surface area contributed by atoms with E-state index in [-0.39, 0.29) is 0 Å². The maximum atomic E-state index is 6.23. The topological polar surface area (TPSA) is 95.8 Å². The van der Waals surface area contributed by atoms with E-state index >= 15 is 0 Å². The first-order valence-corrected chi connectivity index (χ1v) is 19.8. The predicted molar refractivity (Wildman–Crippen MR) is 239 cm³/mol. The number of fused-ring (bicyclic) bond motifs is 10. The Morgan fingerprint density at radius 1 is 0.383 bits per heavy atom. The average molecular weight is 771 g/mol. The van der Waals surface area contributed by atoms with Crippen molar-refractivity contribution in [3.63, 3.8) is 0 Å². The summed E-state index contributed by atoms with van der Waals surface area (Å²) in [7, 11) is 3.40. The first-order chi connectivity index (χ1) is 29.6. The highest BCUT2D eigenvalue weighted by Gasteiger charge is 2.38. The second-order valence-corrected chi connectivity index (χ2v) is 15.3.